The Morgan fingerprint density at radius 2 is 2.00 bits per heavy atom. The fourth-order valence-corrected chi connectivity index (χ4v) is 3.82. The van der Waals surface area contributed by atoms with E-state index in [2.05, 4.69) is 23.0 Å². The number of nitrogens with zero attached hydrogens (tertiary/aromatic N) is 4. The molecule has 0 aliphatic carbocycles. The fraction of sp³-hybridized carbons (Fsp3) is 0.524. The quantitative estimate of drug-likeness (QED) is 0.785. The number of rotatable bonds is 7. The van der Waals surface area contributed by atoms with Crippen LogP contribution < -0.4 is 4.74 Å². The number of ether oxygens (including phenoxy) is 1. The predicted octanol–water partition coefficient (Wildman–Crippen LogP) is 1.72. The number of hydrogen-bond donors (Lipinski definition) is 1. The molecule has 1 aromatic heterocycles. The molecule has 1 amide bonds. The van der Waals surface area contributed by atoms with Crippen molar-refractivity contribution in [2.45, 2.75) is 39.0 Å². The van der Waals surface area contributed by atoms with Crippen LogP contribution in [0.1, 0.15) is 28.2 Å². The van der Waals surface area contributed by atoms with Crippen LogP contribution in [-0.4, -0.2) is 76.5 Å². The van der Waals surface area contributed by atoms with Gasteiger partial charge in [0.15, 0.2) is 0 Å². The molecule has 0 saturated carbocycles. The number of aliphatic hydroxyl groups is 1. The summed E-state index contributed by atoms with van der Waals surface area (Å²) < 4.78 is 7.16. The lowest BCUT2D eigenvalue weighted by Crippen LogP contribution is -2.41. The van der Waals surface area contributed by atoms with E-state index in [0.29, 0.717) is 18.7 Å². The van der Waals surface area contributed by atoms with Crippen LogP contribution in [0.4, 0.5) is 0 Å². The zero-order valence-electron chi connectivity index (χ0n) is 17.1. The first kappa shape index (κ1) is 20.4. The number of aryl methyl sites for hydroxylation is 3. The van der Waals surface area contributed by atoms with Gasteiger partial charge in [0.1, 0.15) is 5.75 Å². The molecule has 3 rings (SSSR count). The van der Waals surface area contributed by atoms with Crippen molar-refractivity contribution in [3.05, 3.63) is 47.3 Å². The van der Waals surface area contributed by atoms with Gasteiger partial charge in [0.25, 0.3) is 5.91 Å². The average molecular weight is 386 g/mol. The highest BCUT2D eigenvalue weighted by Crippen LogP contribution is 2.20. The van der Waals surface area contributed by atoms with Crippen LogP contribution in [0, 0.1) is 13.8 Å². The van der Waals surface area contributed by atoms with Crippen LogP contribution in [-0.2, 0) is 6.54 Å². The first-order chi connectivity index (χ1) is 13.4. The normalized spacial score (nSPS) is 19.4. The number of aromatic nitrogens is 2. The molecule has 0 radical (unpaired) electrons. The lowest BCUT2D eigenvalue weighted by molar-refractivity contribution is 0.0763. The van der Waals surface area contributed by atoms with E-state index in [1.807, 2.05) is 18.7 Å². The Hall–Kier alpha value is -2.38. The maximum atomic E-state index is 12.7. The average Bonchev–Trinajstić information content (AvgIpc) is 3.22. The van der Waals surface area contributed by atoms with E-state index in [4.69, 9.17) is 4.74 Å². The summed E-state index contributed by atoms with van der Waals surface area (Å²) in [6.07, 6.45) is 0.398. The highest BCUT2D eigenvalue weighted by atomic mass is 16.5. The molecule has 28 heavy (non-hydrogen) atoms. The lowest BCUT2D eigenvalue weighted by atomic mass is 10.2. The lowest BCUT2D eigenvalue weighted by Gasteiger charge is -2.26. The first-order valence-electron chi connectivity index (χ1n) is 9.71. The minimum absolute atomic E-state index is 0.0531. The molecule has 152 valence electrons. The number of amides is 1. The van der Waals surface area contributed by atoms with Gasteiger partial charge in [-0.1, -0.05) is 0 Å². The van der Waals surface area contributed by atoms with Crippen molar-refractivity contribution in [3.63, 3.8) is 0 Å². The number of methoxy groups -OCH3 is 1. The second-order valence-corrected chi connectivity index (χ2v) is 7.56. The molecule has 2 aromatic rings. The molecule has 7 nitrogen and oxygen atoms in total. The summed E-state index contributed by atoms with van der Waals surface area (Å²) in [6.45, 7) is 6.64. The Balaban J connectivity index is 1.53. The number of carbonyl (C=O) groups is 1. The van der Waals surface area contributed by atoms with Gasteiger partial charge >= 0.3 is 0 Å². The van der Waals surface area contributed by atoms with Crippen molar-refractivity contribution >= 4 is 5.91 Å². The number of β-amino-alcohol motifs (C(OH)–C–C–N with tert-alkyl or cyclic N) is 1. The maximum absolute atomic E-state index is 12.7. The van der Waals surface area contributed by atoms with Gasteiger partial charge in [0, 0.05) is 37.4 Å². The second kappa shape index (κ2) is 8.75. The molecule has 1 aliphatic rings. The Bertz CT molecular complexity index is 802. The van der Waals surface area contributed by atoms with Crippen LogP contribution in [0.3, 0.4) is 0 Å². The molecule has 1 aliphatic heterocycles. The SMILES string of the molecule is COc1ccc(C(=O)N2C[C@H](O)[C@@H](N(C)CCCn3nc(C)cc3C)C2)cc1. The van der Waals surface area contributed by atoms with Crippen LogP contribution in [0.15, 0.2) is 30.3 Å². The van der Waals surface area contributed by atoms with Gasteiger partial charge in [0.05, 0.1) is 24.9 Å². The van der Waals surface area contributed by atoms with E-state index < -0.39 is 6.10 Å². The van der Waals surface area contributed by atoms with Gasteiger partial charge in [-0.15, -0.1) is 0 Å². The summed E-state index contributed by atoms with van der Waals surface area (Å²) in [5.41, 5.74) is 2.81. The molecule has 2 heterocycles. The summed E-state index contributed by atoms with van der Waals surface area (Å²) in [5.74, 6) is 0.665. The Kier molecular flexibility index (Phi) is 6.36. The zero-order chi connectivity index (χ0) is 20.3. The Labute approximate surface area is 166 Å². The van der Waals surface area contributed by atoms with E-state index in [1.54, 1.807) is 36.3 Å². The van der Waals surface area contributed by atoms with Crippen molar-refractivity contribution in [2.75, 3.05) is 33.8 Å². The number of hydrogen-bond acceptors (Lipinski definition) is 5. The molecule has 2 atom stereocenters. The number of benzene rings is 1. The third-order valence-corrected chi connectivity index (χ3v) is 5.43. The summed E-state index contributed by atoms with van der Waals surface area (Å²) in [7, 11) is 3.61. The Morgan fingerprint density at radius 3 is 2.61 bits per heavy atom. The smallest absolute Gasteiger partial charge is 0.254 e. The van der Waals surface area contributed by atoms with Crippen molar-refractivity contribution in [2.24, 2.45) is 0 Å². The fourth-order valence-electron chi connectivity index (χ4n) is 3.82. The standard InChI is InChI=1S/C21H30N4O3/c1-15-12-16(2)25(22-15)11-5-10-23(3)19-13-24(14-20(19)26)21(27)17-6-8-18(28-4)9-7-17/h6-9,12,19-20,26H,5,10-11,13-14H2,1-4H3/t19-,20-/m0/s1. The molecule has 1 N–H and O–H groups in total. The third kappa shape index (κ3) is 4.54. The van der Waals surface area contributed by atoms with Crippen LogP contribution >= 0.6 is 0 Å². The summed E-state index contributed by atoms with van der Waals surface area (Å²) in [6, 6.07) is 9.11. The molecule has 0 bridgehead atoms. The van der Waals surface area contributed by atoms with Crippen LogP contribution in [0.25, 0.3) is 0 Å². The summed E-state index contributed by atoms with van der Waals surface area (Å²) in [5, 5.41) is 15.0. The molecular formula is C21H30N4O3. The second-order valence-electron chi connectivity index (χ2n) is 7.56. The number of likely N-dealkylation sites (N-methyl/N-ethyl adjacent to an activating group) is 1. The highest BCUT2D eigenvalue weighted by Gasteiger charge is 2.36. The van der Waals surface area contributed by atoms with E-state index in [-0.39, 0.29) is 11.9 Å². The van der Waals surface area contributed by atoms with Gasteiger partial charge < -0.3 is 14.7 Å². The topological polar surface area (TPSA) is 70.8 Å². The van der Waals surface area contributed by atoms with Gasteiger partial charge in [-0.3, -0.25) is 14.4 Å². The van der Waals surface area contributed by atoms with Gasteiger partial charge in [0.2, 0.25) is 0 Å². The number of aliphatic hydroxyl groups excluding tert-OH is 1. The van der Waals surface area contributed by atoms with Crippen molar-refractivity contribution in [1.82, 2.24) is 19.6 Å². The largest absolute Gasteiger partial charge is 0.497 e. The molecular weight excluding hydrogens is 356 g/mol. The van der Waals surface area contributed by atoms with E-state index >= 15 is 0 Å². The van der Waals surface area contributed by atoms with Crippen LogP contribution in [0.2, 0.25) is 0 Å². The summed E-state index contributed by atoms with van der Waals surface area (Å²) in [4.78, 5) is 16.6. The Morgan fingerprint density at radius 1 is 1.29 bits per heavy atom. The maximum Gasteiger partial charge on any atom is 0.254 e. The van der Waals surface area contributed by atoms with Crippen molar-refractivity contribution in [3.8, 4) is 5.75 Å². The molecule has 0 unspecified atom stereocenters. The predicted molar refractivity (Wildman–Crippen MR) is 108 cm³/mol. The van der Waals surface area contributed by atoms with Gasteiger partial charge in [-0.25, -0.2) is 0 Å². The summed E-state index contributed by atoms with van der Waals surface area (Å²) >= 11 is 0. The third-order valence-electron chi connectivity index (χ3n) is 5.43. The van der Waals surface area contributed by atoms with Crippen LogP contribution in [0.5, 0.6) is 5.75 Å². The van der Waals surface area contributed by atoms with Gasteiger partial charge in [-0.05, 0) is 57.6 Å². The van der Waals surface area contributed by atoms with E-state index in [0.717, 1.165) is 36.6 Å². The minimum Gasteiger partial charge on any atom is -0.497 e. The monoisotopic (exact) mass is 386 g/mol. The number of carbonyl (C=O) groups excluding carboxylic acids is 1. The molecule has 1 aromatic carbocycles. The van der Waals surface area contributed by atoms with Crippen molar-refractivity contribution < 1.29 is 14.6 Å². The van der Waals surface area contributed by atoms with E-state index in [1.165, 1.54) is 0 Å². The van der Waals surface area contributed by atoms with Gasteiger partial charge in [-0.2, -0.15) is 5.10 Å². The molecule has 7 heteroatoms. The molecule has 1 saturated heterocycles. The molecule has 0 spiro atoms. The van der Waals surface area contributed by atoms with Crippen molar-refractivity contribution in [1.29, 1.82) is 0 Å². The highest BCUT2D eigenvalue weighted by molar-refractivity contribution is 5.94. The molecule has 1 fully saturated rings. The minimum atomic E-state index is -0.541. The zero-order valence-corrected chi connectivity index (χ0v) is 17.1. The van der Waals surface area contributed by atoms with E-state index in [9.17, 15) is 9.90 Å². The number of likely N-dealkylation sites (tertiary alicyclic amines) is 1. The first-order valence-corrected chi connectivity index (χ1v) is 9.71.